The van der Waals surface area contributed by atoms with Gasteiger partial charge < -0.3 is 0 Å². The van der Waals surface area contributed by atoms with Gasteiger partial charge in [0.1, 0.15) is 0 Å². The Hall–Kier alpha value is -0.250. The van der Waals surface area contributed by atoms with Crippen LogP contribution in [0.1, 0.15) is 0 Å². The van der Waals surface area contributed by atoms with Crippen molar-refractivity contribution in [3.63, 3.8) is 0 Å². The Morgan fingerprint density at radius 3 is 1.85 bits per heavy atom. The van der Waals surface area contributed by atoms with Crippen molar-refractivity contribution in [2.45, 2.75) is 6.36 Å². The second-order valence-corrected chi connectivity index (χ2v) is 4.27. The van der Waals surface area contributed by atoms with Crippen molar-refractivity contribution in [2.75, 3.05) is 0 Å². The zero-order valence-electron chi connectivity index (χ0n) is 5.38. The molecule has 0 unspecified atom stereocenters. The summed E-state index contributed by atoms with van der Waals surface area (Å²) in [5.41, 5.74) is 0. The smallest absolute Gasteiger partial charge is 0.231 e. The molecule has 0 heterocycles. The van der Waals surface area contributed by atoms with Crippen LogP contribution in [0.5, 0.6) is 0 Å². The van der Waals surface area contributed by atoms with Crippen LogP contribution in [0, 0.1) is 0 Å². The molecule has 80 valence electrons. The van der Waals surface area contributed by atoms with E-state index in [9.17, 15) is 34.5 Å². The third-order valence-electron chi connectivity index (χ3n) is 0.422. The molecular formula is CHF5NO4PS. The first-order valence-corrected chi connectivity index (χ1v) is 5.12. The van der Waals surface area contributed by atoms with Crippen LogP contribution < -0.4 is 4.49 Å². The summed E-state index contributed by atoms with van der Waals surface area (Å²) in [6.45, 7) is 0. The van der Waals surface area contributed by atoms with Gasteiger partial charge in [0.2, 0.25) is 0 Å². The molecule has 0 radical (unpaired) electrons. The number of hydrogen-bond donors (Lipinski definition) is 1. The predicted octanol–water partition coefficient (Wildman–Crippen LogP) is 1.40. The van der Waals surface area contributed by atoms with Crippen molar-refractivity contribution >= 4 is 18.2 Å². The lowest BCUT2D eigenvalue weighted by molar-refractivity contribution is -0.272. The molecule has 0 amide bonds. The third kappa shape index (κ3) is 8.09. The average molecular weight is 249 g/mol. The van der Waals surface area contributed by atoms with Gasteiger partial charge in [-0.15, -0.1) is 21.6 Å². The van der Waals surface area contributed by atoms with Crippen LogP contribution in [0.4, 0.5) is 21.6 Å². The monoisotopic (exact) mass is 249 g/mol. The lowest BCUT2D eigenvalue weighted by Crippen LogP contribution is -2.28. The van der Waals surface area contributed by atoms with Gasteiger partial charge in [-0.05, 0) is 0 Å². The fourth-order valence-corrected chi connectivity index (χ4v) is 1.71. The molecule has 0 saturated heterocycles. The Kier molecular flexibility index (Phi) is 3.41. The summed E-state index contributed by atoms with van der Waals surface area (Å²) in [5, 5.41) is 0. The molecule has 0 bridgehead atoms. The van der Waals surface area contributed by atoms with E-state index in [1.807, 2.05) is 0 Å². The number of halogens is 5. The van der Waals surface area contributed by atoms with Crippen LogP contribution in [0.15, 0.2) is 0 Å². The van der Waals surface area contributed by atoms with Gasteiger partial charge in [0.05, 0.1) is 0 Å². The highest BCUT2D eigenvalue weighted by atomic mass is 32.2. The summed E-state index contributed by atoms with van der Waals surface area (Å²) < 4.78 is 87.7. The van der Waals surface area contributed by atoms with Crippen LogP contribution in [-0.4, -0.2) is 14.8 Å². The van der Waals surface area contributed by atoms with Gasteiger partial charge in [-0.3, -0.25) is 0 Å². The summed E-state index contributed by atoms with van der Waals surface area (Å²) in [7, 11) is -12.1. The second kappa shape index (κ2) is 3.48. The van der Waals surface area contributed by atoms with E-state index < -0.39 is 24.6 Å². The number of rotatable bonds is 3. The second-order valence-electron chi connectivity index (χ2n) is 1.54. The molecule has 0 aromatic rings. The predicted molar refractivity (Wildman–Crippen MR) is 29.0 cm³/mol. The van der Waals surface area contributed by atoms with Crippen LogP contribution in [0.2, 0.25) is 0 Å². The maximum absolute atomic E-state index is 11.4. The zero-order valence-corrected chi connectivity index (χ0v) is 7.09. The quantitative estimate of drug-likeness (QED) is 0.606. The van der Waals surface area contributed by atoms with Crippen LogP contribution in [0.25, 0.3) is 0 Å². The largest absolute Gasteiger partial charge is 0.538 e. The molecule has 0 saturated carbocycles. The van der Waals surface area contributed by atoms with Crippen molar-refractivity contribution in [2.24, 2.45) is 0 Å². The molecule has 13 heavy (non-hydrogen) atoms. The molecule has 0 aromatic carbocycles. The lowest BCUT2D eigenvalue weighted by atomic mass is 11.4. The normalized spacial score (nSPS) is 14.5. The number of nitrogens with one attached hydrogen (secondary N) is 1. The van der Waals surface area contributed by atoms with E-state index in [0.29, 0.717) is 0 Å². The molecule has 12 heteroatoms. The Morgan fingerprint density at radius 2 is 1.62 bits per heavy atom. The maximum atomic E-state index is 11.4. The minimum Gasteiger partial charge on any atom is -0.231 e. The Morgan fingerprint density at radius 1 is 1.23 bits per heavy atom. The van der Waals surface area contributed by atoms with Gasteiger partial charge in [0.15, 0.2) is 0 Å². The molecule has 0 atom stereocenters. The van der Waals surface area contributed by atoms with Crippen molar-refractivity contribution in [1.29, 1.82) is 0 Å². The highest BCUT2D eigenvalue weighted by Crippen LogP contribution is 2.45. The van der Waals surface area contributed by atoms with Gasteiger partial charge >= 0.3 is 24.6 Å². The molecular weight excluding hydrogens is 248 g/mol. The molecule has 0 aromatic heterocycles. The zero-order chi connectivity index (χ0) is 10.9. The Balaban J connectivity index is 4.55. The van der Waals surface area contributed by atoms with Gasteiger partial charge in [0.25, 0.3) is 0 Å². The first kappa shape index (κ1) is 12.8. The Bertz CT molecular complexity index is 314. The highest BCUT2D eigenvalue weighted by molar-refractivity contribution is 7.90. The minimum absolute atomic E-state index is 0.0958. The molecule has 0 fully saturated rings. The molecule has 0 aliphatic heterocycles. The maximum Gasteiger partial charge on any atom is 0.538 e. The average Bonchev–Trinajstić information content (AvgIpc) is 1.43. The molecule has 0 aliphatic carbocycles. The fraction of sp³-hybridized carbons (Fsp3) is 1.00. The van der Waals surface area contributed by atoms with Gasteiger partial charge in [0, 0.05) is 0 Å². The van der Waals surface area contributed by atoms with E-state index in [-0.39, 0.29) is 4.49 Å². The van der Waals surface area contributed by atoms with Crippen LogP contribution >= 0.6 is 7.91 Å². The standard InChI is InChI=1S/CHF5NO4PS/c2-1(3,4)11-13(9,10)7-12(5,6)8/h(H,7,8). The van der Waals surface area contributed by atoms with Gasteiger partial charge in [-0.2, -0.15) is 12.6 Å². The molecule has 1 N–H and O–H groups in total. The third-order valence-corrected chi connectivity index (χ3v) is 2.58. The SMILES string of the molecule is O=P(F)(F)NS(=O)(=O)OC(F)(F)F. The lowest BCUT2D eigenvalue weighted by Gasteiger charge is -2.07. The summed E-state index contributed by atoms with van der Waals surface area (Å²) >= 11 is 0. The summed E-state index contributed by atoms with van der Waals surface area (Å²) in [6.07, 6.45) is -5.65. The van der Waals surface area contributed by atoms with Gasteiger partial charge in [-0.25, -0.2) is 4.57 Å². The number of hydrogen-bond acceptors (Lipinski definition) is 4. The summed E-state index contributed by atoms with van der Waals surface area (Å²) in [5.74, 6) is 0. The molecule has 0 rings (SSSR count). The Labute approximate surface area is 68.8 Å². The number of alkyl halides is 3. The molecule has 5 nitrogen and oxygen atoms in total. The fourth-order valence-electron chi connectivity index (χ4n) is 0.273. The van der Waals surface area contributed by atoms with Crippen LogP contribution in [-0.2, 0) is 19.1 Å². The van der Waals surface area contributed by atoms with E-state index >= 15 is 0 Å². The van der Waals surface area contributed by atoms with E-state index in [1.54, 1.807) is 0 Å². The van der Waals surface area contributed by atoms with E-state index in [2.05, 4.69) is 4.18 Å². The van der Waals surface area contributed by atoms with E-state index in [0.717, 1.165) is 0 Å². The summed E-state index contributed by atoms with van der Waals surface area (Å²) in [4.78, 5) is 0. The van der Waals surface area contributed by atoms with Gasteiger partial charge in [-0.1, -0.05) is 4.49 Å². The molecule has 0 spiro atoms. The minimum atomic E-state index is -6.34. The first-order valence-electron chi connectivity index (χ1n) is 2.22. The van der Waals surface area contributed by atoms with E-state index in [4.69, 9.17) is 0 Å². The van der Waals surface area contributed by atoms with Crippen molar-refractivity contribution in [3.05, 3.63) is 0 Å². The van der Waals surface area contributed by atoms with Crippen molar-refractivity contribution in [1.82, 2.24) is 4.49 Å². The summed E-state index contributed by atoms with van der Waals surface area (Å²) in [6, 6.07) is 0. The van der Waals surface area contributed by atoms with Crippen molar-refractivity contribution in [3.8, 4) is 0 Å². The van der Waals surface area contributed by atoms with E-state index in [1.165, 1.54) is 0 Å². The van der Waals surface area contributed by atoms with Crippen molar-refractivity contribution < 1.29 is 38.7 Å². The highest BCUT2D eigenvalue weighted by Gasteiger charge is 2.40. The first-order chi connectivity index (χ1) is 5.41. The van der Waals surface area contributed by atoms with Crippen LogP contribution in [0.3, 0.4) is 0 Å². The molecule has 0 aliphatic rings. The topological polar surface area (TPSA) is 72.5 Å².